The van der Waals surface area contributed by atoms with Gasteiger partial charge in [0.15, 0.2) is 5.82 Å². The Labute approximate surface area is 124 Å². The average molecular weight is 286 g/mol. The highest BCUT2D eigenvalue weighted by molar-refractivity contribution is 5.71. The minimum absolute atomic E-state index is 0.0208. The smallest absolute Gasteiger partial charge is 0.154 e. The fourth-order valence-electron chi connectivity index (χ4n) is 3.16. The number of anilines is 1. The molecule has 0 radical (unpaired) electrons. The van der Waals surface area contributed by atoms with Gasteiger partial charge in [0.1, 0.15) is 11.1 Å². The van der Waals surface area contributed by atoms with Crippen LogP contribution >= 0.6 is 0 Å². The number of β-amino-alcohol motifs (C(OH)–C–C–N with tert-alkyl or cyclic N) is 1. The maximum absolute atomic E-state index is 10.5. The van der Waals surface area contributed by atoms with Gasteiger partial charge in [-0.1, -0.05) is 20.8 Å². The van der Waals surface area contributed by atoms with E-state index in [1.165, 1.54) is 12.8 Å². The highest BCUT2D eigenvalue weighted by Gasteiger charge is 2.52. The van der Waals surface area contributed by atoms with Crippen LogP contribution in [0.4, 0.5) is 5.82 Å². The first kappa shape index (κ1) is 13.1. The van der Waals surface area contributed by atoms with Gasteiger partial charge in [0.25, 0.3) is 0 Å². The first-order valence-electron chi connectivity index (χ1n) is 7.69. The molecule has 1 aliphatic heterocycles. The van der Waals surface area contributed by atoms with E-state index in [1.807, 2.05) is 10.7 Å². The molecule has 5 nitrogen and oxygen atoms in total. The minimum atomic E-state index is -0.485. The van der Waals surface area contributed by atoms with E-state index < -0.39 is 5.60 Å². The van der Waals surface area contributed by atoms with Crippen molar-refractivity contribution in [3.63, 3.8) is 0 Å². The number of aromatic nitrogens is 3. The van der Waals surface area contributed by atoms with Crippen molar-refractivity contribution in [3.8, 4) is 0 Å². The monoisotopic (exact) mass is 286 g/mol. The van der Waals surface area contributed by atoms with Crippen LogP contribution in [-0.4, -0.2) is 38.4 Å². The van der Waals surface area contributed by atoms with Gasteiger partial charge in [0.2, 0.25) is 0 Å². The van der Waals surface area contributed by atoms with Crippen LogP contribution in [0, 0.1) is 5.92 Å². The summed E-state index contributed by atoms with van der Waals surface area (Å²) in [5.41, 5.74) is 1.63. The van der Waals surface area contributed by atoms with Gasteiger partial charge in [-0.2, -0.15) is 5.10 Å². The average Bonchev–Trinajstić information content (AvgIpc) is 3.12. The Balaban J connectivity index is 1.68. The highest BCUT2D eigenvalue weighted by atomic mass is 16.3. The van der Waals surface area contributed by atoms with Crippen LogP contribution in [0.15, 0.2) is 18.5 Å². The van der Waals surface area contributed by atoms with Crippen molar-refractivity contribution in [2.75, 3.05) is 18.0 Å². The van der Waals surface area contributed by atoms with E-state index in [2.05, 4.69) is 41.8 Å². The SMILES string of the molecule is CC(C)(C)c1cc2c(N3CC(O)(C4CC4)C3)nccn2n1. The Hall–Kier alpha value is -1.62. The number of nitrogens with zero attached hydrogens (tertiary/aromatic N) is 4. The third kappa shape index (κ3) is 2.02. The molecule has 1 aliphatic carbocycles. The molecule has 112 valence electrons. The van der Waals surface area contributed by atoms with Crippen molar-refractivity contribution in [1.82, 2.24) is 14.6 Å². The summed E-state index contributed by atoms with van der Waals surface area (Å²) in [5, 5.41) is 15.2. The summed E-state index contributed by atoms with van der Waals surface area (Å²) >= 11 is 0. The molecule has 0 bridgehead atoms. The number of aliphatic hydroxyl groups is 1. The predicted molar refractivity (Wildman–Crippen MR) is 81.6 cm³/mol. The summed E-state index contributed by atoms with van der Waals surface area (Å²) in [6.07, 6.45) is 6.02. The maximum atomic E-state index is 10.5. The maximum Gasteiger partial charge on any atom is 0.154 e. The van der Waals surface area contributed by atoms with Gasteiger partial charge in [0.05, 0.1) is 18.8 Å². The molecule has 2 aromatic heterocycles. The van der Waals surface area contributed by atoms with Crippen LogP contribution in [0.1, 0.15) is 39.3 Å². The van der Waals surface area contributed by atoms with Gasteiger partial charge in [-0.05, 0) is 24.8 Å². The lowest BCUT2D eigenvalue weighted by atomic mass is 9.88. The van der Waals surface area contributed by atoms with Crippen LogP contribution in [0.25, 0.3) is 5.52 Å². The van der Waals surface area contributed by atoms with E-state index in [4.69, 9.17) is 0 Å². The second kappa shape index (κ2) is 3.97. The first-order valence-corrected chi connectivity index (χ1v) is 7.69. The van der Waals surface area contributed by atoms with E-state index in [0.717, 1.165) is 17.0 Å². The molecule has 0 aromatic carbocycles. The fraction of sp³-hybridized carbons (Fsp3) is 0.625. The van der Waals surface area contributed by atoms with Crippen molar-refractivity contribution in [1.29, 1.82) is 0 Å². The van der Waals surface area contributed by atoms with Crippen LogP contribution in [0.2, 0.25) is 0 Å². The van der Waals surface area contributed by atoms with Crippen molar-refractivity contribution in [2.45, 2.75) is 44.6 Å². The summed E-state index contributed by atoms with van der Waals surface area (Å²) in [6.45, 7) is 7.88. The third-order valence-electron chi connectivity index (χ3n) is 4.70. The lowest BCUT2D eigenvalue weighted by Gasteiger charge is -2.47. The third-order valence-corrected chi connectivity index (χ3v) is 4.70. The fourth-order valence-corrected chi connectivity index (χ4v) is 3.16. The second-order valence-electron chi connectivity index (χ2n) is 7.59. The summed E-state index contributed by atoms with van der Waals surface area (Å²) in [4.78, 5) is 6.69. The molecular weight excluding hydrogens is 264 g/mol. The minimum Gasteiger partial charge on any atom is -0.386 e. The van der Waals surface area contributed by atoms with E-state index in [9.17, 15) is 5.11 Å². The molecule has 2 fully saturated rings. The predicted octanol–water partition coefficient (Wildman–Crippen LogP) is 1.99. The van der Waals surface area contributed by atoms with E-state index in [-0.39, 0.29) is 5.41 Å². The molecule has 2 aromatic rings. The topological polar surface area (TPSA) is 53.7 Å². The molecule has 21 heavy (non-hydrogen) atoms. The quantitative estimate of drug-likeness (QED) is 0.917. The second-order valence-corrected chi connectivity index (χ2v) is 7.59. The molecule has 5 heteroatoms. The molecule has 0 unspecified atom stereocenters. The lowest BCUT2D eigenvalue weighted by Crippen LogP contribution is -2.63. The van der Waals surface area contributed by atoms with E-state index >= 15 is 0 Å². The van der Waals surface area contributed by atoms with Crippen molar-refractivity contribution in [3.05, 3.63) is 24.2 Å². The van der Waals surface area contributed by atoms with Gasteiger partial charge >= 0.3 is 0 Å². The standard InChI is InChI=1S/C16H22N4O/c1-15(2,3)13-8-12-14(17-6-7-20(12)18-13)19-9-16(21,10-19)11-4-5-11/h6-8,11,21H,4-5,9-10H2,1-3H3. The lowest BCUT2D eigenvalue weighted by molar-refractivity contribution is -0.00961. The van der Waals surface area contributed by atoms with Crippen molar-refractivity contribution in [2.24, 2.45) is 5.92 Å². The van der Waals surface area contributed by atoms with Crippen LogP contribution in [-0.2, 0) is 5.41 Å². The summed E-state index contributed by atoms with van der Waals surface area (Å²) < 4.78 is 1.90. The summed E-state index contributed by atoms with van der Waals surface area (Å²) in [7, 11) is 0. The van der Waals surface area contributed by atoms with Crippen LogP contribution in [0.5, 0.6) is 0 Å². The van der Waals surface area contributed by atoms with Gasteiger partial charge in [0, 0.05) is 17.8 Å². The first-order chi connectivity index (χ1) is 9.87. The number of rotatable bonds is 2. The Bertz CT molecular complexity index is 690. The van der Waals surface area contributed by atoms with Gasteiger partial charge in [-0.25, -0.2) is 9.50 Å². The largest absolute Gasteiger partial charge is 0.386 e. The van der Waals surface area contributed by atoms with Crippen LogP contribution in [0.3, 0.4) is 0 Å². The molecule has 1 saturated heterocycles. The molecule has 0 spiro atoms. The number of fused-ring (bicyclic) bond motifs is 1. The van der Waals surface area contributed by atoms with Gasteiger partial charge in [-0.3, -0.25) is 0 Å². The molecule has 4 rings (SSSR count). The molecule has 1 N–H and O–H groups in total. The Morgan fingerprint density at radius 1 is 1.29 bits per heavy atom. The molecule has 1 saturated carbocycles. The number of hydrogen-bond acceptors (Lipinski definition) is 4. The van der Waals surface area contributed by atoms with Gasteiger partial charge in [-0.15, -0.1) is 0 Å². The zero-order chi connectivity index (χ0) is 14.8. The molecule has 0 atom stereocenters. The highest BCUT2D eigenvalue weighted by Crippen LogP contribution is 2.45. The van der Waals surface area contributed by atoms with Crippen LogP contribution < -0.4 is 4.90 Å². The molecular formula is C16H22N4O. The van der Waals surface area contributed by atoms with Crippen molar-refractivity contribution >= 4 is 11.3 Å². The zero-order valence-corrected chi connectivity index (χ0v) is 12.9. The van der Waals surface area contributed by atoms with E-state index in [0.29, 0.717) is 19.0 Å². The summed E-state index contributed by atoms with van der Waals surface area (Å²) in [5.74, 6) is 1.44. The number of hydrogen-bond donors (Lipinski definition) is 1. The Morgan fingerprint density at radius 3 is 2.62 bits per heavy atom. The Kier molecular flexibility index (Phi) is 2.47. The normalized spacial score (nSPS) is 21.6. The van der Waals surface area contributed by atoms with Crippen molar-refractivity contribution < 1.29 is 5.11 Å². The molecule has 3 heterocycles. The van der Waals surface area contributed by atoms with E-state index in [1.54, 1.807) is 6.20 Å². The van der Waals surface area contributed by atoms with Gasteiger partial charge < -0.3 is 10.0 Å². The summed E-state index contributed by atoms with van der Waals surface area (Å²) in [6, 6.07) is 2.12. The molecule has 0 amide bonds. The Morgan fingerprint density at radius 2 is 2.00 bits per heavy atom. The molecule has 2 aliphatic rings. The zero-order valence-electron chi connectivity index (χ0n) is 12.9.